The number of benzene rings is 1. The standard InChI is InChI=1S/C23H27N3O3/c27-23(16-5-2-1-3-6-16)26-14-18-7-4-10-24-22(18)25-19-9-8-17(13-20(19)26)21-15-28-11-12-29-21/h4,7-10,13,16,21H,1-3,5-6,11-12,14-15H2,(H,24,25). The van der Waals surface area contributed by atoms with Gasteiger partial charge >= 0.3 is 0 Å². The summed E-state index contributed by atoms with van der Waals surface area (Å²) in [7, 11) is 0. The molecule has 1 unspecified atom stereocenters. The van der Waals surface area contributed by atoms with Crippen LogP contribution in [0.2, 0.25) is 0 Å². The first-order chi connectivity index (χ1) is 14.3. The lowest BCUT2D eigenvalue weighted by Crippen LogP contribution is -2.36. The lowest BCUT2D eigenvalue weighted by atomic mass is 9.88. The molecule has 1 atom stereocenters. The van der Waals surface area contributed by atoms with Crippen LogP contribution >= 0.6 is 0 Å². The number of nitrogens with one attached hydrogen (secondary N) is 1. The summed E-state index contributed by atoms with van der Waals surface area (Å²) in [5.74, 6) is 1.15. The van der Waals surface area contributed by atoms with Gasteiger partial charge in [-0.2, -0.15) is 0 Å². The third kappa shape index (κ3) is 3.74. The summed E-state index contributed by atoms with van der Waals surface area (Å²) in [4.78, 5) is 20.0. The SMILES string of the molecule is O=C(C1CCCCC1)N1Cc2cccnc2Nc2ccc(C3COCCO3)cc21. The van der Waals surface area contributed by atoms with E-state index in [9.17, 15) is 4.79 Å². The number of carbonyl (C=O) groups excluding carboxylic acids is 1. The number of rotatable bonds is 2. The molecule has 1 aromatic heterocycles. The average Bonchev–Trinajstić information content (AvgIpc) is 2.96. The van der Waals surface area contributed by atoms with Gasteiger partial charge in [0, 0.05) is 17.7 Å². The van der Waals surface area contributed by atoms with Crippen LogP contribution in [0.5, 0.6) is 0 Å². The van der Waals surface area contributed by atoms with E-state index in [0.717, 1.165) is 54.0 Å². The Hall–Kier alpha value is -2.44. The number of hydrogen-bond acceptors (Lipinski definition) is 5. The summed E-state index contributed by atoms with van der Waals surface area (Å²) in [6.45, 7) is 2.31. The first-order valence-electron chi connectivity index (χ1n) is 10.7. The van der Waals surface area contributed by atoms with Gasteiger partial charge in [-0.3, -0.25) is 4.79 Å². The molecule has 0 radical (unpaired) electrons. The highest BCUT2D eigenvalue weighted by molar-refractivity contribution is 5.99. The van der Waals surface area contributed by atoms with Gasteiger partial charge in [0.25, 0.3) is 0 Å². The molecule has 6 heteroatoms. The van der Waals surface area contributed by atoms with E-state index in [1.54, 1.807) is 6.20 Å². The summed E-state index contributed by atoms with van der Waals surface area (Å²) in [6.07, 6.45) is 7.17. The fraction of sp³-hybridized carbons (Fsp3) is 0.478. The minimum atomic E-state index is -0.0931. The first kappa shape index (κ1) is 18.6. The number of amides is 1. The van der Waals surface area contributed by atoms with Crippen molar-refractivity contribution >= 4 is 23.1 Å². The number of nitrogens with zero attached hydrogens (tertiary/aromatic N) is 2. The van der Waals surface area contributed by atoms with Crippen molar-refractivity contribution in [2.24, 2.45) is 5.92 Å². The minimum Gasteiger partial charge on any atom is -0.376 e. The maximum Gasteiger partial charge on any atom is 0.230 e. The largest absolute Gasteiger partial charge is 0.376 e. The molecule has 1 aromatic carbocycles. The fourth-order valence-electron chi connectivity index (χ4n) is 4.59. The molecular weight excluding hydrogens is 366 g/mol. The van der Waals surface area contributed by atoms with Gasteiger partial charge in [-0.25, -0.2) is 4.98 Å². The third-order valence-corrected chi connectivity index (χ3v) is 6.19. The van der Waals surface area contributed by atoms with Crippen LogP contribution in [0, 0.1) is 5.92 Å². The van der Waals surface area contributed by atoms with E-state index >= 15 is 0 Å². The summed E-state index contributed by atoms with van der Waals surface area (Å²) < 4.78 is 11.5. The Labute approximate surface area is 171 Å². The highest BCUT2D eigenvalue weighted by atomic mass is 16.6. The van der Waals surface area contributed by atoms with E-state index in [1.165, 1.54) is 6.42 Å². The second-order valence-corrected chi connectivity index (χ2v) is 8.11. The minimum absolute atomic E-state index is 0.0931. The van der Waals surface area contributed by atoms with Gasteiger partial charge < -0.3 is 19.7 Å². The van der Waals surface area contributed by atoms with Crippen LogP contribution < -0.4 is 10.2 Å². The van der Waals surface area contributed by atoms with Gasteiger partial charge in [0.1, 0.15) is 11.9 Å². The number of pyridine rings is 1. The highest BCUT2D eigenvalue weighted by Gasteiger charge is 2.31. The molecule has 29 heavy (non-hydrogen) atoms. The Morgan fingerprint density at radius 3 is 2.86 bits per heavy atom. The topological polar surface area (TPSA) is 63.7 Å². The monoisotopic (exact) mass is 393 g/mol. The van der Waals surface area contributed by atoms with Crippen molar-refractivity contribution in [3.8, 4) is 0 Å². The lowest BCUT2D eigenvalue weighted by Gasteiger charge is -2.30. The Kier molecular flexibility index (Phi) is 5.21. The van der Waals surface area contributed by atoms with E-state index in [4.69, 9.17) is 9.47 Å². The Morgan fingerprint density at radius 1 is 1.14 bits per heavy atom. The zero-order chi connectivity index (χ0) is 19.6. The van der Waals surface area contributed by atoms with Crippen molar-refractivity contribution in [3.05, 3.63) is 47.7 Å². The molecule has 5 rings (SSSR count). The van der Waals surface area contributed by atoms with Crippen molar-refractivity contribution in [3.63, 3.8) is 0 Å². The van der Waals surface area contributed by atoms with Gasteiger partial charge in [0.05, 0.1) is 37.7 Å². The predicted octanol–water partition coefficient (Wildman–Crippen LogP) is 4.34. The Morgan fingerprint density at radius 2 is 2.03 bits per heavy atom. The van der Waals surface area contributed by atoms with E-state index in [2.05, 4.69) is 22.4 Å². The van der Waals surface area contributed by atoms with Crippen molar-refractivity contribution < 1.29 is 14.3 Å². The zero-order valence-corrected chi connectivity index (χ0v) is 16.6. The summed E-state index contributed by atoms with van der Waals surface area (Å²) in [5, 5.41) is 3.44. The lowest BCUT2D eigenvalue weighted by molar-refractivity contribution is -0.123. The van der Waals surface area contributed by atoms with Crippen LogP contribution in [0.4, 0.5) is 17.2 Å². The van der Waals surface area contributed by atoms with Crippen LogP contribution in [0.25, 0.3) is 0 Å². The van der Waals surface area contributed by atoms with Crippen LogP contribution in [0.15, 0.2) is 36.5 Å². The molecule has 6 nitrogen and oxygen atoms in total. The maximum atomic E-state index is 13.6. The molecule has 2 aliphatic heterocycles. The van der Waals surface area contributed by atoms with Crippen molar-refractivity contribution in [1.29, 1.82) is 0 Å². The molecule has 0 bridgehead atoms. The van der Waals surface area contributed by atoms with Gasteiger partial charge in [0.15, 0.2) is 0 Å². The summed E-state index contributed by atoms with van der Waals surface area (Å²) >= 11 is 0. The quantitative estimate of drug-likeness (QED) is 0.822. The third-order valence-electron chi connectivity index (χ3n) is 6.19. The van der Waals surface area contributed by atoms with Gasteiger partial charge in [-0.15, -0.1) is 0 Å². The first-order valence-corrected chi connectivity index (χ1v) is 10.7. The number of ether oxygens (including phenoxy) is 2. The normalized spacial score (nSPS) is 22.2. The zero-order valence-electron chi connectivity index (χ0n) is 16.6. The van der Waals surface area contributed by atoms with Gasteiger partial charge in [-0.05, 0) is 36.6 Å². The van der Waals surface area contributed by atoms with Crippen molar-refractivity contribution in [2.75, 3.05) is 30.0 Å². The predicted molar refractivity (Wildman–Crippen MR) is 111 cm³/mol. The van der Waals surface area contributed by atoms with Crippen LogP contribution in [-0.2, 0) is 20.8 Å². The molecule has 3 heterocycles. The second-order valence-electron chi connectivity index (χ2n) is 8.11. The Balaban J connectivity index is 1.54. The fourth-order valence-corrected chi connectivity index (χ4v) is 4.59. The van der Waals surface area contributed by atoms with Gasteiger partial charge in [-0.1, -0.05) is 31.4 Å². The van der Waals surface area contributed by atoms with E-state index in [0.29, 0.717) is 26.4 Å². The van der Waals surface area contributed by atoms with Crippen molar-refractivity contribution in [1.82, 2.24) is 4.98 Å². The molecule has 1 N–H and O–H groups in total. The molecule has 1 saturated carbocycles. The number of aromatic nitrogens is 1. The Bertz CT molecular complexity index is 889. The summed E-state index contributed by atoms with van der Waals surface area (Å²) in [5.41, 5.74) is 3.90. The number of anilines is 3. The molecule has 3 aliphatic rings. The molecule has 2 aromatic rings. The molecule has 0 spiro atoms. The molecule has 2 fully saturated rings. The smallest absolute Gasteiger partial charge is 0.230 e. The molecule has 1 saturated heterocycles. The number of hydrogen-bond donors (Lipinski definition) is 1. The van der Waals surface area contributed by atoms with Crippen molar-refractivity contribution in [2.45, 2.75) is 44.8 Å². The number of fused-ring (bicyclic) bond motifs is 2. The van der Waals surface area contributed by atoms with Crippen LogP contribution in [0.3, 0.4) is 0 Å². The number of carbonyl (C=O) groups is 1. The van der Waals surface area contributed by atoms with E-state index < -0.39 is 0 Å². The molecule has 1 amide bonds. The van der Waals surface area contributed by atoms with E-state index in [-0.39, 0.29) is 17.9 Å². The molecular formula is C23H27N3O3. The average molecular weight is 393 g/mol. The highest BCUT2D eigenvalue weighted by Crippen LogP contribution is 2.39. The summed E-state index contributed by atoms with van der Waals surface area (Å²) in [6, 6.07) is 10.2. The van der Waals surface area contributed by atoms with Gasteiger partial charge in [0.2, 0.25) is 5.91 Å². The maximum absolute atomic E-state index is 13.6. The molecule has 152 valence electrons. The van der Waals surface area contributed by atoms with E-state index in [1.807, 2.05) is 23.1 Å². The van der Waals surface area contributed by atoms with Crippen LogP contribution in [0.1, 0.15) is 49.3 Å². The van der Waals surface area contributed by atoms with Crippen LogP contribution in [-0.4, -0.2) is 30.7 Å². The second kappa shape index (κ2) is 8.13. The molecule has 1 aliphatic carbocycles.